The largest absolute Gasteiger partial charge is 0.394 e. The lowest BCUT2D eigenvalue weighted by atomic mass is 9.58. The lowest BCUT2D eigenvalue weighted by Gasteiger charge is -2.56. The van der Waals surface area contributed by atoms with Crippen molar-refractivity contribution in [2.75, 3.05) is 26.3 Å². The van der Waals surface area contributed by atoms with Crippen molar-refractivity contribution in [3.8, 4) is 0 Å². The molecule has 140 valence electrons. The Kier molecular flexibility index (Phi) is 4.77. The molecular weight excluding hydrogens is 350 g/mol. The minimum Gasteiger partial charge on any atom is -0.394 e. The normalized spacial score (nSPS) is 24.8. The number of aryl methyl sites for hydroxylation is 1. The van der Waals surface area contributed by atoms with E-state index in [4.69, 9.17) is 9.84 Å². The summed E-state index contributed by atoms with van der Waals surface area (Å²) in [5, 5.41) is 20.5. The summed E-state index contributed by atoms with van der Waals surface area (Å²) in [4.78, 5) is 15.8. The van der Waals surface area contributed by atoms with Crippen molar-refractivity contribution in [1.82, 2.24) is 4.90 Å². The predicted octanol–water partition coefficient (Wildman–Crippen LogP) is 2.57. The van der Waals surface area contributed by atoms with Crippen molar-refractivity contribution in [3.63, 3.8) is 0 Å². The average Bonchev–Trinajstić information content (AvgIpc) is 3.01. The van der Waals surface area contributed by atoms with Crippen molar-refractivity contribution in [1.29, 1.82) is 0 Å². The van der Waals surface area contributed by atoms with Gasteiger partial charge in [0, 0.05) is 29.6 Å². The van der Waals surface area contributed by atoms with Crippen LogP contribution >= 0.6 is 11.3 Å². The maximum atomic E-state index is 13.1. The quantitative estimate of drug-likeness (QED) is 0.862. The predicted molar refractivity (Wildman–Crippen MR) is 102 cm³/mol. The molecular formula is C20H25NO4S. The van der Waals surface area contributed by atoms with E-state index in [2.05, 4.69) is 12.1 Å². The zero-order valence-electron chi connectivity index (χ0n) is 15.0. The molecule has 1 aromatic carbocycles. The number of likely N-dealkylation sites (tertiary alicyclic amines) is 1. The molecule has 26 heavy (non-hydrogen) atoms. The topological polar surface area (TPSA) is 70.0 Å². The molecule has 1 amide bonds. The number of ether oxygens (including phenoxy) is 1. The van der Waals surface area contributed by atoms with Crippen LogP contribution in [0.2, 0.25) is 0 Å². The summed E-state index contributed by atoms with van der Waals surface area (Å²) in [7, 11) is 0. The number of carbonyl (C=O) groups excluding carboxylic acids is 1. The first-order valence-electron chi connectivity index (χ1n) is 9.25. The Labute approximate surface area is 157 Å². The highest BCUT2D eigenvalue weighted by molar-refractivity contribution is 7.21. The van der Waals surface area contributed by atoms with Crippen LogP contribution < -0.4 is 0 Å². The van der Waals surface area contributed by atoms with E-state index < -0.39 is 0 Å². The van der Waals surface area contributed by atoms with Crippen molar-refractivity contribution in [2.24, 2.45) is 5.41 Å². The standard InChI is InChI=1S/C20H25NO4S/c1-13-14-4-2-3-5-15(14)26-18(13)19(24)21-8-6-20(7-9-21)16(23)12-17(20)25-11-10-22/h2-5,16-17,22-23H,6-12H2,1H3/t16-,17+/m1/s1. The minimum atomic E-state index is -0.366. The monoisotopic (exact) mass is 375 g/mol. The lowest BCUT2D eigenvalue weighted by Crippen LogP contribution is -2.62. The fourth-order valence-corrected chi connectivity index (χ4v) is 5.64. The zero-order valence-corrected chi connectivity index (χ0v) is 15.8. The number of hydrogen-bond donors (Lipinski definition) is 2. The van der Waals surface area contributed by atoms with Gasteiger partial charge in [-0.05, 0) is 36.8 Å². The Morgan fingerprint density at radius 1 is 1.35 bits per heavy atom. The molecule has 0 unspecified atom stereocenters. The molecule has 2 fully saturated rings. The molecule has 4 rings (SSSR count). The van der Waals surface area contributed by atoms with Crippen LogP contribution in [0.15, 0.2) is 24.3 Å². The van der Waals surface area contributed by atoms with Crippen LogP contribution in [0.1, 0.15) is 34.5 Å². The molecule has 1 aromatic heterocycles. The third-order valence-corrected chi connectivity index (χ3v) is 7.43. The molecule has 0 radical (unpaired) electrons. The van der Waals surface area contributed by atoms with Gasteiger partial charge in [0.15, 0.2) is 0 Å². The van der Waals surface area contributed by atoms with Crippen molar-refractivity contribution < 1.29 is 19.7 Å². The van der Waals surface area contributed by atoms with Gasteiger partial charge in [0.05, 0.1) is 30.3 Å². The van der Waals surface area contributed by atoms with E-state index in [1.165, 1.54) is 0 Å². The molecule has 2 atom stereocenters. The summed E-state index contributed by atoms with van der Waals surface area (Å²) in [6, 6.07) is 8.13. The van der Waals surface area contributed by atoms with Gasteiger partial charge in [-0.2, -0.15) is 0 Å². The number of rotatable bonds is 4. The van der Waals surface area contributed by atoms with Crippen LogP contribution in [-0.4, -0.2) is 59.5 Å². The number of fused-ring (bicyclic) bond motifs is 1. The summed E-state index contributed by atoms with van der Waals surface area (Å²) < 4.78 is 6.87. The van der Waals surface area contributed by atoms with E-state index >= 15 is 0 Å². The van der Waals surface area contributed by atoms with Crippen molar-refractivity contribution in [3.05, 3.63) is 34.7 Å². The second-order valence-electron chi connectivity index (χ2n) is 7.41. The first kappa shape index (κ1) is 17.9. The van der Waals surface area contributed by atoms with Crippen molar-refractivity contribution >= 4 is 27.3 Å². The average molecular weight is 375 g/mol. The van der Waals surface area contributed by atoms with Gasteiger partial charge in [-0.25, -0.2) is 0 Å². The molecule has 6 heteroatoms. The summed E-state index contributed by atoms with van der Waals surface area (Å²) in [5.74, 6) is 0.0974. The van der Waals surface area contributed by atoms with E-state index in [1.807, 2.05) is 24.0 Å². The Hall–Kier alpha value is -1.47. The number of carbonyl (C=O) groups is 1. The summed E-state index contributed by atoms with van der Waals surface area (Å²) in [6.07, 6.45) is 1.76. The highest BCUT2D eigenvalue weighted by Crippen LogP contribution is 2.51. The number of aliphatic hydroxyl groups excluding tert-OH is 2. The number of nitrogens with zero attached hydrogens (tertiary/aromatic N) is 1. The van der Waals surface area contributed by atoms with Gasteiger partial charge in [0.1, 0.15) is 0 Å². The van der Waals surface area contributed by atoms with Gasteiger partial charge in [-0.15, -0.1) is 11.3 Å². The first-order chi connectivity index (χ1) is 12.6. The number of piperidine rings is 1. The van der Waals surface area contributed by atoms with Crippen LogP contribution in [0.3, 0.4) is 0 Å². The van der Waals surface area contributed by atoms with Crippen LogP contribution in [0.4, 0.5) is 0 Å². The van der Waals surface area contributed by atoms with Gasteiger partial charge >= 0.3 is 0 Å². The highest BCUT2D eigenvalue weighted by atomic mass is 32.1. The first-order valence-corrected chi connectivity index (χ1v) is 10.1. The van der Waals surface area contributed by atoms with E-state index in [-0.39, 0.29) is 30.1 Å². The maximum Gasteiger partial charge on any atom is 0.264 e. The number of hydrogen-bond acceptors (Lipinski definition) is 5. The van der Waals surface area contributed by atoms with E-state index in [0.29, 0.717) is 26.1 Å². The number of aliphatic hydroxyl groups is 2. The molecule has 0 bridgehead atoms. The molecule has 1 saturated heterocycles. The third kappa shape index (κ3) is 2.76. The molecule has 1 saturated carbocycles. The minimum absolute atomic E-state index is 0.00149. The van der Waals surface area contributed by atoms with Crippen LogP contribution in [0.5, 0.6) is 0 Å². The smallest absolute Gasteiger partial charge is 0.264 e. The zero-order chi connectivity index (χ0) is 18.3. The van der Waals surface area contributed by atoms with Crippen LogP contribution in [0, 0.1) is 12.3 Å². The molecule has 1 aliphatic heterocycles. The maximum absolute atomic E-state index is 13.1. The number of thiophene rings is 1. The second kappa shape index (κ2) is 6.93. The highest BCUT2D eigenvalue weighted by Gasteiger charge is 2.56. The fourth-order valence-electron chi connectivity index (χ4n) is 4.46. The number of benzene rings is 1. The fraction of sp³-hybridized carbons (Fsp3) is 0.550. The van der Waals surface area contributed by atoms with E-state index in [1.54, 1.807) is 11.3 Å². The molecule has 2 N–H and O–H groups in total. The van der Waals surface area contributed by atoms with Gasteiger partial charge in [-0.3, -0.25) is 4.79 Å². The third-order valence-electron chi connectivity index (χ3n) is 6.17. The van der Waals surface area contributed by atoms with E-state index in [0.717, 1.165) is 33.4 Å². The molecule has 5 nitrogen and oxygen atoms in total. The Morgan fingerprint density at radius 2 is 2.08 bits per heavy atom. The van der Waals surface area contributed by atoms with Gasteiger partial charge in [0.2, 0.25) is 0 Å². The molecule has 2 aromatic rings. The Balaban J connectivity index is 1.47. The lowest BCUT2D eigenvalue weighted by molar-refractivity contribution is -0.211. The number of amides is 1. The van der Waals surface area contributed by atoms with Crippen LogP contribution in [0.25, 0.3) is 10.1 Å². The van der Waals surface area contributed by atoms with Crippen LogP contribution in [-0.2, 0) is 4.74 Å². The SMILES string of the molecule is Cc1c(C(=O)N2CCC3(CC2)[C@H](O)C[C@@H]3OCCO)sc2ccccc12. The molecule has 1 spiro atoms. The Morgan fingerprint density at radius 3 is 2.73 bits per heavy atom. The van der Waals surface area contributed by atoms with Gasteiger partial charge in [0.25, 0.3) is 5.91 Å². The van der Waals surface area contributed by atoms with E-state index in [9.17, 15) is 9.90 Å². The van der Waals surface area contributed by atoms with Crippen molar-refractivity contribution in [2.45, 2.75) is 38.4 Å². The Bertz CT molecular complexity index is 809. The summed E-state index contributed by atoms with van der Waals surface area (Å²) in [5.41, 5.74) is 0.810. The molecule has 2 heterocycles. The van der Waals surface area contributed by atoms with Gasteiger partial charge in [-0.1, -0.05) is 18.2 Å². The summed E-state index contributed by atoms with van der Waals surface area (Å²) in [6.45, 7) is 3.61. The second-order valence-corrected chi connectivity index (χ2v) is 8.46. The molecule has 1 aliphatic carbocycles. The molecule has 2 aliphatic rings. The summed E-state index contributed by atoms with van der Waals surface area (Å²) >= 11 is 1.56. The van der Waals surface area contributed by atoms with Gasteiger partial charge < -0.3 is 19.8 Å².